The number of carbonyl (C=O) groups is 2. The number of carbonyl (C=O) groups excluding carboxylic acids is 1. The van der Waals surface area contributed by atoms with Crippen LogP contribution in [0.3, 0.4) is 0 Å². The van der Waals surface area contributed by atoms with Crippen LogP contribution in [0, 0.1) is 0 Å². The van der Waals surface area contributed by atoms with Crippen LogP contribution in [-0.2, 0) is 6.54 Å². The fraction of sp³-hybridized carbons (Fsp3) is 0.133. The number of aryl methyl sites for hydroxylation is 1. The zero-order valence-electron chi connectivity index (χ0n) is 11.7. The molecule has 0 saturated carbocycles. The summed E-state index contributed by atoms with van der Waals surface area (Å²) in [6.07, 6.45) is 0. The molecule has 2 aromatic heterocycles. The quantitative estimate of drug-likeness (QED) is 0.771. The molecule has 7 nitrogen and oxygen atoms in total. The second kappa shape index (κ2) is 5.36. The van der Waals surface area contributed by atoms with Gasteiger partial charge >= 0.3 is 5.97 Å². The van der Waals surface area contributed by atoms with Crippen molar-refractivity contribution in [3.8, 4) is 0 Å². The van der Waals surface area contributed by atoms with Crippen LogP contribution in [0.15, 0.2) is 40.8 Å². The number of nitrogens with zero attached hydrogens (tertiary/aromatic N) is 2. The number of rotatable bonds is 4. The van der Waals surface area contributed by atoms with Crippen molar-refractivity contribution >= 4 is 28.9 Å². The van der Waals surface area contributed by atoms with E-state index in [2.05, 4.69) is 10.3 Å². The molecule has 0 atom stereocenters. The van der Waals surface area contributed by atoms with Crippen molar-refractivity contribution in [2.24, 2.45) is 0 Å². The summed E-state index contributed by atoms with van der Waals surface area (Å²) in [6, 6.07) is 10.1. The fourth-order valence-corrected chi connectivity index (χ4v) is 2.23. The van der Waals surface area contributed by atoms with Crippen LogP contribution in [0.25, 0.3) is 11.0 Å². The molecule has 7 heteroatoms. The Morgan fingerprint density at radius 1 is 1.23 bits per heavy atom. The Kier molecular flexibility index (Phi) is 3.38. The molecule has 2 N–H and O–H groups in total. The van der Waals surface area contributed by atoms with Gasteiger partial charge in [0.25, 0.3) is 5.91 Å². The SMILES string of the molecule is CCn1c(NC(=O)c2ccc(C(=O)O)o2)nc2ccccc21. The lowest BCUT2D eigenvalue weighted by atomic mass is 10.3. The Labute approximate surface area is 125 Å². The number of hydrogen-bond donors (Lipinski definition) is 2. The Balaban J connectivity index is 1.91. The Hall–Kier alpha value is -3.09. The van der Waals surface area contributed by atoms with Crippen molar-refractivity contribution in [3.05, 3.63) is 47.9 Å². The number of hydrogen-bond acceptors (Lipinski definition) is 4. The molecule has 0 unspecified atom stereocenters. The highest BCUT2D eigenvalue weighted by Gasteiger charge is 2.18. The Morgan fingerprint density at radius 3 is 2.64 bits per heavy atom. The number of nitrogens with one attached hydrogen (secondary N) is 1. The van der Waals surface area contributed by atoms with E-state index in [9.17, 15) is 9.59 Å². The van der Waals surface area contributed by atoms with Gasteiger partial charge in [0.1, 0.15) is 0 Å². The molecule has 1 amide bonds. The van der Waals surface area contributed by atoms with E-state index >= 15 is 0 Å². The average Bonchev–Trinajstić information content (AvgIpc) is 3.11. The van der Waals surface area contributed by atoms with Gasteiger partial charge < -0.3 is 14.1 Å². The van der Waals surface area contributed by atoms with E-state index in [4.69, 9.17) is 9.52 Å². The van der Waals surface area contributed by atoms with E-state index in [1.807, 2.05) is 35.8 Å². The minimum Gasteiger partial charge on any atom is -0.475 e. The van der Waals surface area contributed by atoms with Gasteiger partial charge in [0.2, 0.25) is 11.7 Å². The van der Waals surface area contributed by atoms with E-state index in [-0.39, 0.29) is 11.5 Å². The normalized spacial score (nSPS) is 10.8. The second-order valence-corrected chi connectivity index (χ2v) is 4.59. The van der Waals surface area contributed by atoms with Gasteiger partial charge in [0.05, 0.1) is 11.0 Å². The minimum atomic E-state index is -1.22. The zero-order valence-corrected chi connectivity index (χ0v) is 11.7. The molecular weight excluding hydrogens is 286 g/mol. The van der Waals surface area contributed by atoms with E-state index < -0.39 is 11.9 Å². The third-order valence-electron chi connectivity index (χ3n) is 3.24. The average molecular weight is 299 g/mol. The van der Waals surface area contributed by atoms with Crippen LogP contribution in [0.2, 0.25) is 0 Å². The lowest BCUT2D eigenvalue weighted by molar-refractivity contribution is 0.0660. The molecule has 0 radical (unpaired) electrons. The third kappa shape index (κ3) is 2.32. The summed E-state index contributed by atoms with van der Waals surface area (Å²) in [5.41, 5.74) is 1.68. The molecule has 0 fully saturated rings. The summed E-state index contributed by atoms with van der Waals surface area (Å²) < 4.78 is 6.83. The van der Waals surface area contributed by atoms with Gasteiger partial charge in [-0.25, -0.2) is 9.78 Å². The molecule has 3 aromatic rings. The van der Waals surface area contributed by atoms with E-state index in [0.717, 1.165) is 11.0 Å². The number of furan rings is 1. The summed E-state index contributed by atoms with van der Waals surface area (Å²) >= 11 is 0. The molecule has 0 aliphatic carbocycles. The number of carboxylic acids is 1. The maximum atomic E-state index is 12.1. The minimum absolute atomic E-state index is 0.0768. The molecule has 112 valence electrons. The highest BCUT2D eigenvalue weighted by molar-refractivity contribution is 6.02. The molecule has 3 rings (SSSR count). The van der Waals surface area contributed by atoms with Gasteiger partial charge in [-0.05, 0) is 31.2 Å². The summed E-state index contributed by atoms with van der Waals surface area (Å²) in [6.45, 7) is 2.58. The first-order valence-corrected chi connectivity index (χ1v) is 6.70. The van der Waals surface area contributed by atoms with E-state index in [1.165, 1.54) is 12.1 Å². The Morgan fingerprint density at radius 2 is 1.95 bits per heavy atom. The maximum absolute atomic E-state index is 12.1. The monoisotopic (exact) mass is 299 g/mol. The van der Waals surface area contributed by atoms with Crippen molar-refractivity contribution in [2.75, 3.05) is 5.32 Å². The summed E-state index contributed by atoms with van der Waals surface area (Å²) in [5.74, 6) is -1.74. The number of fused-ring (bicyclic) bond motifs is 1. The highest BCUT2D eigenvalue weighted by atomic mass is 16.4. The number of carboxylic acid groups (broad SMARTS) is 1. The molecule has 2 heterocycles. The number of amides is 1. The summed E-state index contributed by atoms with van der Waals surface area (Å²) in [4.78, 5) is 27.3. The molecule has 0 spiro atoms. The maximum Gasteiger partial charge on any atom is 0.371 e. The first kappa shape index (κ1) is 13.9. The van der Waals surface area contributed by atoms with Crippen molar-refractivity contribution in [1.29, 1.82) is 0 Å². The number of para-hydroxylation sites is 2. The fourth-order valence-electron chi connectivity index (χ4n) is 2.23. The van der Waals surface area contributed by atoms with Gasteiger partial charge in [-0.2, -0.15) is 0 Å². The van der Waals surface area contributed by atoms with Crippen LogP contribution < -0.4 is 5.32 Å². The largest absolute Gasteiger partial charge is 0.475 e. The van der Waals surface area contributed by atoms with Crippen LogP contribution in [0.4, 0.5) is 5.95 Å². The predicted molar refractivity (Wildman–Crippen MR) is 79.0 cm³/mol. The smallest absolute Gasteiger partial charge is 0.371 e. The highest BCUT2D eigenvalue weighted by Crippen LogP contribution is 2.20. The molecule has 0 aliphatic heterocycles. The Bertz CT molecular complexity index is 863. The van der Waals surface area contributed by atoms with Crippen molar-refractivity contribution in [2.45, 2.75) is 13.5 Å². The predicted octanol–water partition coefficient (Wildman–Crippen LogP) is 2.60. The molecule has 1 aromatic carbocycles. The van der Waals surface area contributed by atoms with E-state index in [0.29, 0.717) is 12.5 Å². The van der Waals surface area contributed by atoms with Gasteiger partial charge in [0, 0.05) is 6.54 Å². The lowest BCUT2D eigenvalue weighted by Gasteiger charge is -2.06. The third-order valence-corrected chi connectivity index (χ3v) is 3.24. The molecule has 0 bridgehead atoms. The van der Waals surface area contributed by atoms with Gasteiger partial charge in [-0.1, -0.05) is 12.1 Å². The first-order chi connectivity index (χ1) is 10.6. The van der Waals surface area contributed by atoms with Gasteiger partial charge in [0.15, 0.2) is 5.76 Å². The number of anilines is 1. The first-order valence-electron chi connectivity index (χ1n) is 6.70. The standard InChI is InChI=1S/C15H13N3O4/c1-2-18-10-6-4-3-5-9(10)16-15(18)17-13(19)11-7-8-12(22-11)14(20)21/h3-8H,2H2,1H3,(H,20,21)(H,16,17,19). The van der Waals surface area contributed by atoms with Gasteiger partial charge in [-0.3, -0.25) is 10.1 Å². The summed E-state index contributed by atoms with van der Waals surface area (Å²) in [5, 5.41) is 11.5. The zero-order chi connectivity index (χ0) is 15.7. The van der Waals surface area contributed by atoms with Crippen LogP contribution in [0.5, 0.6) is 0 Å². The van der Waals surface area contributed by atoms with Crippen molar-refractivity contribution in [3.63, 3.8) is 0 Å². The van der Waals surface area contributed by atoms with Crippen LogP contribution in [0.1, 0.15) is 28.0 Å². The summed E-state index contributed by atoms with van der Waals surface area (Å²) in [7, 11) is 0. The number of benzene rings is 1. The number of aromatic nitrogens is 2. The number of imidazole rings is 1. The van der Waals surface area contributed by atoms with E-state index in [1.54, 1.807) is 0 Å². The van der Waals surface area contributed by atoms with Crippen molar-refractivity contribution in [1.82, 2.24) is 9.55 Å². The molecular formula is C15H13N3O4. The molecule has 22 heavy (non-hydrogen) atoms. The van der Waals surface area contributed by atoms with Crippen molar-refractivity contribution < 1.29 is 19.1 Å². The van der Waals surface area contributed by atoms with Crippen LogP contribution >= 0.6 is 0 Å². The topological polar surface area (TPSA) is 97.4 Å². The second-order valence-electron chi connectivity index (χ2n) is 4.59. The lowest BCUT2D eigenvalue weighted by Crippen LogP contribution is -2.15. The molecule has 0 saturated heterocycles. The number of aromatic carboxylic acids is 1. The van der Waals surface area contributed by atoms with Crippen LogP contribution in [-0.4, -0.2) is 26.5 Å². The van der Waals surface area contributed by atoms with Gasteiger partial charge in [-0.15, -0.1) is 0 Å². The molecule has 0 aliphatic rings.